The Labute approximate surface area is 98.9 Å². The number of aromatic nitrogens is 2. The van der Waals surface area contributed by atoms with E-state index in [-0.39, 0.29) is 5.88 Å². The van der Waals surface area contributed by atoms with Gasteiger partial charge in [0.15, 0.2) is 0 Å². The minimum absolute atomic E-state index is 0.156. The Morgan fingerprint density at radius 3 is 2.47 bits per heavy atom. The van der Waals surface area contributed by atoms with Gasteiger partial charge >= 0.3 is 0 Å². The lowest BCUT2D eigenvalue weighted by atomic mass is 10.2. The van der Waals surface area contributed by atoms with Crippen LogP contribution in [-0.2, 0) is 11.7 Å². The van der Waals surface area contributed by atoms with Crippen molar-refractivity contribution in [1.29, 1.82) is 0 Å². The molecule has 0 atom stereocenters. The highest BCUT2D eigenvalue weighted by atomic mass is 16.3. The van der Waals surface area contributed by atoms with Gasteiger partial charge in [0.2, 0.25) is 0 Å². The topological polar surface area (TPSA) is 37.7 Å². The Kier molecular flexibility index (Phi) is 2.29. The van der Waals surface area contributed by atoms with Gasteiger partial charge in [-0.2, -0.15) is 0 Å². The molecule has 0 N–H and O–H groups in total. The van der Waals surface area contributed by atoms with Gasteiger partial charge in [0.1, 0.15) is 0 Å². The van der Waals surface area contributed by atoms with E-state index in [0.29, 0.717) is 11.9 Å². The number of fused-ring (bicyclic) bond motifs is 1. The van der Waals surface area contributed by atoms with E-state index >= 15 is 0 Å². The zero-order valence-corrected chi connectivity index (χ0v) is 9.21. The predicted octanol–water partition coefficient (Wildman–Crippen LogP) is 3.23. The summed E-state index contributed by atoms with van der Waals surface area (Å²) in [6, 6.07) is 17.5. The van der Waals surface area contributed by atoms with Gasteiger partial charge in [-0.1, -0.05) is 42.5 Å². The molecule has 0 bridgehead atoms. The highest BCUT2D eigenvalue weighted by Gasteiger charge is 2.09. The molecule has 3 heteroatoms. The van der Waals surface area contributed by atoms with Crippen LogP contribution < -0.4 is 0 Å². The van der Waals surface area contributed by atoms with Crippen molar-refractivity contribution in [3.63, 3.8) is 0 Å². The quantitative estimate of drug-likeness (QED) is 0.657. The summed E-state index contributed by atoms with van der Waals surface area (Å²) < 4.78 is 1.76. The molecule has 1 aromatic heterocycles. The second-order valence-electron chi connectivity index (χ2n) is 3.97. The SMILES string of the molecule is [O]c1nn(Cc2ccccc2)c2ccccc12. The molecule has 0 fully saturated rings. The summed E-state index contributed by atoms with van der Waals surface area (Å²) >= 11 is 0. The van der Waals surface area contributed by atoms with Gasteiger partial charge in [0, 0.05) is 0 Å². The minimum atomic E-state index is -0.156. The number of nitrogens with zero attached hydrogens (tertiary/aromatic N) is 2. The van der Waals surface area contributed by atoms with E-state index in [9.17, 15) is 5.11 Å². The van der Waals surface area contributed by atoms with E-state index in [4.69, 9.17) is 0 Å². The lowest BCUT2D eigenvalue weighted by molar-refractivity contribution is 0.335. The molecule has 3 rings (SSSR count). The number of hydrogen-bond donors (Lipinski definition) is 0. The van der Waals surface area contributed by atoms with Gasteiger partial charge < -0.3 is 0 Å². The van der Waals surface area contributed by atoms with Gasteiger partial charge in [0.05, 0.1) is 17.4 Å². The fourth-order valence-corrected chi connectivity index (χ4v) is 1.97. The van der Waals surface area contributed by atoms with Crippen molar-refractivity contribution in [3.05, 3.63) is 60.2 Å². The van der Waals surface area contributed by atoms with E-state index < -0.39 is 0 Å². The van der Waals surface area contributed by atoms with Crippen LogP contribution in [0.15, 0.2) is 54.6 Å². The van der Waals surface area contributed by atoms with E-state index in [2.05, 4.69) is 5.10 Å². The molecule has 0 saturated heterocycles. The van der Waals surface area contributed by atoms with Crippen molar-refractivity contribution < 1.29 is 5.11 Å². The smallest absolute Gasteiger partial charge is 0.265 e. The van der Waals surface area contributed by atoms with Crippen LogP contribution >= 0.6 is 0 Å². The second-order valence-corrected chi connectivity index (χ2v) is 3.97. The molecular weight excluding hydrogens is 212 g/mol. The van der Waals surface area contributed by atoms with Crippen LogP contribution in [0.1, 0.15) is 5.56 Å². The van der Waals surface area contributed by atoms with E-state index in [1.807, 2.05) is 54.6 Å². The molecule has 0 saturated carbocycles. The first-order valence-corrected chi connectivity index (χ1v) is 5.51. The molecule has 1 radical (unpaired) electrons. The van der Waals surface area contributed by atoms with Crippen LogP contribution in [0.5, 0.6) is 5.88 Å². The summed E-state index contributed by atoms with van der Waals surface area (Å²) in [6.07, 6.45) is 0. The molecule has 3 aromatic rings. The van der Waals surface area contributed by atoms with Gasteiger partial charge in [-0.15, -0.1) is 5.10 Å². The monoisotopic (exact) mass is 223 g/mol. The minimum Gasteiger partial charge on any atom is -0.265 e. The van der Waals surface area contributed by atoms with E-state index in [0.717, 1.165) is 11.1 Å². The fourth-order valence-electron chi connectivity index (χ4n) is 1.97. The molecule has 0 unspecified atom stereocenters. The molecule has 1 heterocycles. The zero-order valence-electron chi connectivity index (χ0n) is 9.21. The molecule has 17 heavy (non-hydrogen) atoms. The predicted molar refractivity (Wildman–Crippen MR) is 65.4 cm³/mol. The summed E-state index contributed by atoms with van der Waals surface area (Å²) in [7, 11) is 0. The zero-order chi connectivity index (χ0) is 11.7. The van der Waals surface area contributed by atoms with Crippen LogP contribution in [0.3, 0.4) is 0 Å². The van der Waals surface area contributed by atoms with Gasteiger partial charge in [0.25, 0.3) is 5.88 Å². The first-order chi connectivity index (χ1) is 8.34. The molecule has 0 aliphatic carbocycles. The molecule has 2 aromatic carbocycles. The van der Waals surface area contributed by atoms with Crippen molar-refractivity contribution in [3.8, 4) is 5.88 Å². The molecule has 0 amide bonds. The molecule has 83 valence electrons. The van der Waals surface area contributed by atoms with Crippen molar-refractivity contribution in [2.45, 2.75) is 6.54 Å². The van der Waals surface area contributed by atoms with Crippen molar-refractivity contribution >= 4 is 10.9 Å². The molecular formula is C14H11N2O. The standard InChI is InChI=1S/C14H11N2O/c17-14-12-8-4-5-9-13(12)16(15-14)10-11-6-2-1-3-7-11/h1-9H,10H2. The van der Waals surface area contributed by atoms with Gasteiger partial charge in [-0.05, 0) is 17.7 Å². The molecule has 3 nitrogen and oxygen atoms in total. The third-order valence-corrected chi connectivity index (χ3v) is 2.80. The number of hydrogen-bond acceptors (Lipinski definition) is 1. The average Bonchev–Trinajstić information content (AvgIpc) is 2.69. The summed E-state index contributed by atoms with van der Waals surface area (Å²) in [4.78, 5) is 0. The summed E-state index contributed by atoms with van der Waals surface area (Å²) in [5.41, 5.74) is 2.03. The highest BCUT2D eigenvalue weighted by molar-refractivity contribution is 5.84. The highest BCUT2D eigenvalue weighted by Crippen LogP contribution is 2.24. The number of benzene rings is 2. The normalized spacial score (nSPS) is 10.8. The van der Waals surface area contributed by atoms with Gasteiger partial charge in [-0.3, -0.25) is 9.79 Å². The summed E-state index contributed by atoms with van der Waals surface area (Å²) in [6.45, 7) is 0.629. The van der Waals surface area contributed by atoms with Crippen molar-refractivity contribution in [1.82, 2.24) is 9.78 Å². The van der Waals surface area contributed by atoms with Crippen molar-refractivity contribution in [2.24, 2.45) is 0 Å². The van der Waals surface area contributed by atoms with Gasteiger partial charge in [-0.25, -0.2) is 0 Å². The fraction of sp³-hybridized carbons (Fsp3) is 0.0714. The van der Waals surface area contributed by atoms with Crippen molar-refractivity contribution in [2.75, 3.05) is 0 Å². The van der Waals surface area contributed by atoms with E-state index in [1.54, 1.807) is 4.68 Å². The Hall–Kier alpha value is -2.29. The number of para-hydroxylation sites is 1. The molecule has 0 aliphatic heterocycles. The maximum absolute atomic E-state index is 11.7. The first kappa shape index (κ1) is 9.90. The lowest BCUT2D eigenvalue weighted by Crippen LogP contribution is -2.00. The lowest BCUT2D eigenvalue weighted by Gasteiger charge is -2.02. The number of rotatable bonds is 2. The van der Waals surface area contributed by atoms with Crippen LogP contribution in [0.4, 0.5) is 0 Å². The van der Waals surface area contributed by atoms with Crippen LogP contribution in [0, 0.1) is 0 Å². The average molecular weight is 223 g/mol. The molecule has 0 spiro atoms. The summed E-state index contributed by atoms with van der Waals surface area (Å²) in [5, 5.41) is 16.4. The van der Waals surface area contributed by atoms with E-state index in [1.165, 1.54) is 0 Å². The summed E-state index contributed by atoms with van der Waals surface area (Å²) in [5.74, 6) is -0.156. The Morgan fingerprint density at radius 2 is 1.65 bits per heavy atom. The van der Waals surface area contributed by atoms with Crippen LogP contribution in [0.25, 0.3) is 10.9 Å². The third kappa shape index (κ3) is 1.76. The van der Waals surface area contributed by atoms with Crippen LogP contribution in [0.2, 0.25) is 0 Å². The first-order valence-electron chi connectivity index (χ1n) is 5.51. The Bertz CT molecular complexity index is 644. The maximum Gasteiger partial charge on any atom is 0.295 e. The molecule has 0 aliphatic rings. The Balaban J connectivity index is 2.07. The Morgan fingerprint density at radius 1 is 0.941 bits per heavy atom. The third-order valence-electron chi connectivity index (χ3n) is 2.80. The largest absolute Gasteiger partial charge is 0.295 e. The second kappa shape index (κ2) is 3.94. The maximum atomic E-state index is 11.7. The van der Waals surface area contributed by atoms with Crippen LogP contribution in [-0.4, -0.2) is 9.78 Å².